The number of rotatable bonds is 3. The van der Waals surface area contributed by atoms with Gasteiger partial charge in [0.15, 0.2) is 0 Å². The minimum absolute atomic E-state index is 0.388. The molecule has 0 aliphatic carbocycles. The van der Waals surface area contributed by atoms with Gasteiger partial charge in [0.1, 0.15) is 28.8 Å². The monoisotopic (exact) mass is 313 g/mol. The van der Waals surface area contributed by atoms with E-state index in [4.69, 9.17) is 10.00 Å². The van der Waals surface area contributed by atoms with Crippen LogP contribution in [0.25, 0.3) is 22.2 Å². The van der Waals surface area contributed by atoms with Crippen LogP contribution in [0.3, 0.4) is 0 Å². The zero-order chi connectivity index (χ0) is 16.4. The first-order valence-electron chi connectivity index (χ1n) is 7.25. The first-order chi connectivity index (χ1) is 11.8. The van der Waals surface area contributed by atoms with E-state index in [1.165, 1.54) is 6.20 Å². The van der Waals surface area contributed by atoms with Gasteiger partial charge < -0.3 is 4.74 Å². The van der Waals surface area contributed by atoms with Crippen LogP contribution in [0.1, 0.15) is 5.56 Å². The SMILES string of the molecule is N#Cc1cnccc1Oc1ccc2[nH]nc(-c3ccncc3)c2c1. The van der Waals surface area contributed by atoms with Crippen molar-refractivity contribution >= 4 is 10.9 Å². The van der Waals surface area contributed by atoms with Crippen LogP contribution in [0.4, 0.5) is 0 Å². The molecule has 3 heterocycles. The van der Waals surface area contributed by atoms with Gasteiger partial charge >= 0.3 is 0 Å². The molecule has 24 heavy (non-hydrogen) atoms. The van der Waals surface area contributed by atoms with Crippen LogP contribution < -0.4 is 4.74 Å². The molecular formula is C18H11N5O. The standard InChI is InChI=1S/C18H11N5O/c19-10-13-11-21-8-5-17(13)24-14-1-2-16-15(9-14)18(23-22-16)12-3-6-20-7-4-12/h1-9,11H,(H,22,23). The molecule has 1 aromatic carbocycles. The van der Waals surface area contributed by atoms with Crippen molar-refractivity contribution in [2.45, 2.75) is 0 Å². The molecule has 0 atom stereocenters. The number of nitrogens with zero attached hydrogens (tertiary/aromatic N) is 4. The molecule has 0 unspecified atom stereocenters. The van der Waals surface area contributed by atoms with Gasteiger partial charge in [-0.05, 0) is 30.3 Å². The van der Waals surface area contributed by atoms with Crippen molar-refractivity contribution in [1.82, 2.24) is 20.2 Å². The molecule has 0 aliphatic heterocycles. The summed E-state index contributed by atoms with van der Waals surface area (Å²) in [5.74, 6) is 1.10. The summed E-state index contributed by atoms with van der Waals surface area (Å²) in [4.78, 5) is 7.96. The summed E-state index contributed by atoms with van der Waals surface area (Å²) in [5.41, 5.74) is 3.09. The van der Waals surface area contributed by atoms with Crippen molar-refractivity contribution in [1.29, 1.82) is 5.26 Å². The number of fused-ring (bicyclic) bond motifs is 1. The van der Waals surface area contributed by atoms with Gasteiger partial charge in [-0.2, -0.15) is 10.4 Å². The van der Waals surface area contributed by atoms with E-state index in [9.17, 15) is 0 Å². The second-order valence-electron chi connectivity index (χ2n) is 5.10. The summed E-state index contributed by atoms with van der Waals surface area (Å²) < 4.78 is 5.85. The number of nitriles is 1. The average molecular weight is 313 g/mol. The van der Waals surface area contributed by atoms with Crippen molar-refractivity contribution in [3.63, 3.8) is 0 Å². The Morgan fingerprint density at radius 2 is 1.83 bits per heavy atom. The number of H-pyrrole nitrogens is 1. The minimum atomic E-state index is 0.388. The fourth-order valence-electron chi connectivity index (χ4n) is 2.47. The van der Waals surface area contributed by atoms with E-state index in [0.29, 0.717) is 17.1 Å². The molecule has 0 fully saturated rings. The topological polar surface area (TPSA) is 87.5 Å². The average Bonchev–Trinajstić information content (AvgIpc) is 3.06. The fraction of sp³-hybridized carbons (Fsp3) is 0. The van der Waals surface area contributed by atoms with Crippen LogP contribution in [0.2, 0.25) is 0 Å². The Morgan fingerprint density at radius 3 is 2.67 bits per heavy atom. The number of nitrogens with one attached hydrogen (secondary N) is 1. The summed E-state index contributed by atoms with van der Waals surface area (Å²) in [6, 6.07) is 13.2. The molecule has 0 aliphatic rings. The zero-order valence-corrected chi connectivity index (χ0v) is 12.5. The Hall–Kier alpha value is -3.72. The first-order valence-corrected chi connectivity index (χ1v) is 7.25. The largest absolute Gasteiger partial charge is 0.456 e. The van der Waals surface area contributed by atoms with Crippen LogP contribution in [0, 0.1) is 11.3 Å². The smallest absolute Gasteiger partial charge is 0.148 e. The van der Waals surface area contributed by atoms with E-state index < -0.39 is 0 Å². The lowest BCUT2D eigenvalue weighted by atomic mass is 10.1. The molecule has 0 radical (unpaired) electrons. The van der Waals surface area contributed by atoms with Gasteiger partial charge in [0.2, 0.25) is 0 Å². The van der Waals surface area contributed by atoms with Crippen molar-refractivity contribution in [2.24, 2.45) is 0 Å². The van der Waals surface area contributed by atoms with E-state index in [0.717, 1.165) is 22.2 Å². The van der Waals surface area contributed by atoms with Gasteiger partial charge in [-0.25, -0.2) is 0 Å². The van der Waals surface area contributed by atoms with Gasteiger partial charge in [-0.3, -0.25) is 15.1 Å². The number of pyridine rings is 2. The number of benzene rings is 1. The minimum Gasteiger partial charge on any atom is -0.456 e. The van der Waals surface area contributed by atoms with Crippen LogP contribution in [0.15, 0.2) is 61.2 Å². The van der Waals surface area contributed by atoms with E-state index in [-0.39, 0.29) is 0 Å². The summed E-state index contributed by atoms with van der Waals surface area (Å²) in [5, 5.41) is 17.5. The molecule has 114 valence electrons. The number of ether oxygens (including phenoxy) is 1. The van der Waals surface area contributed by atoms with Crippen molar-refractivity contribution in [2.75, 3.05) is 0 Å². The Morgan fingerprint density at radius 1 is 1.00 bits per heavy atom. The lowest BCUT2D eigenvalue weighted by molar-refractivity contribution is 0.481. The quantitative estimate of drug-likeness (QED) is 0.623. The van der Waals surface area contributed by atoms with Gasteiger partial charge in [-0.1, -0.05) is 0 Å². The second-order valence-corrected chi connectivity index (χ2v) is 5.10. The number of hydrogen-bond donors (Lipinski definition) is 1. The molecule has 3 aromatic heterocycles. The predicted octanol–water partition coefficient (Wildman–Crippen LogP) is 3.68. The van der Waals surface area contributed by atoms with Gasteiger partial charge in [0.05, 0.1) is 5.52 Å². The Balaban J connectivity index is 1.77. The Kier molecular flexibility index (Phi) is 3.37. The molecule has 0 bridgehead atoms. The fourth-order valence-corrected chi connectivity index (χ4v) is 2.47. The maximum atomic E-state index is 9.14. The van der Waals surface area contributed by atoms with E-state index in [1.807, 2.05) is 30.3 Å². The number of hydrogen-bond acceptors (Lipinski definition) is 5. The first kappa shape index (κ1) is 13.9. The summed E-state index contributed by atoms with van der Waals surface area (Å²) in [6.45, 7) is 0. The van der Waals surface area contributed by atoms with Crippen LogP contribution in [0.5, 0.6) is 11.5 Å². The maximum absolute atomic E-state index is 9.14. The van der Waals surface area contributed by atoms with E-state index >= 15 is 0 Å². The summed E-state index contributed by atoms with van der Waals surface area (Å²) >= 11 is 0. The zero-order valence-electron chi connectivity index (χ0n) is 12.5. The number of aromatic nitrogens is 4. The van der Waals surface area contributed by atoms with Crippen LogP contribution in [-0.4, -0.2) is 20.2 Å². The Labute approximate surface area is 137 Å². The van der Waals surface area contributed by atoms with Gasteiger partial charge in [0, 0.05) is 41.8 Å². The molecule has 0 spiro atoms. The highest BCUT2D eigenvalue weighted by Crippen LogP contribution is 2.31. The molecule has 4 aromatic rings. The molecule has 0 saturated heterocycles. The van der Waals surface area contributed by atoms with Gasteiger partial charge in [-0.15, -0.1) is 0 Å². The predicted molar refractivity (Wildman–Crippen MR) is 88.4 cm³/mol. The molecule has 0 amide bonds. The Bertz CT molecular complexity index is 1050. The maximum Gasteiger partial charge on any atom is 0.148 e. The number of aromatic amines is 1. The third-order valence-corrected chi connectivity index (χ3v) is 3.62. The highest BCUT2D eigenvalue weighted by Gasteiger charge is 2.10. The van der Waals surface area contributed by atoms with E-state index in [1.54, 1.807) is 24.7 Å². The molecular weight excluding hydrogens is 302 g/mol. The molecule has 0 saturated carbocycles. The van der Waals surface area contributed by atoms with Crippen molar-refractivity contribution in [3.8, 4) is 28.8 Å². The van der Waals surface area contributed by atoms with E-state index in [2.05, 4.69) is 26.2 Å². The lowest BCUT2D eigenvalue weighted by Gasteiger charge is -2.07. The third kappa shape index (κ3) is 2.44. The molecule has 1 N–H and O–H groups in total. The normalized spacial score (nSPS) is 10.5. The highest BCUT2D eigenvalue weighted by molar-refractivity contribution is 5.93. The summed E-state index contributed by atoms with van der Waals surface area (Å²) in [6.07, 6.45) is 6.53. The van der Waals surface area contributed by atoms with Crippen LogP contribution in [-0.2, 0) is 0 Å². The molecule has 4 rings (SSSR count). The third-order valence-electron chi connectivity index (χ3n) is 3.62. The van der Waals surface area contributed by atoms with Crippen LogP contribution >= 0.6 is 0 Å². The van der Waals surface area contributed by atoms with Crippen molar-refractivity contribution in [3.05, 3.63) is 66.7 Å². The molecule has 6 heteroatoms. The van der Waals surface area contributed by atoms with Gasteiger partial charge in [0.25, 0.3) is 0 Å². The second kappa shape index (κ2) is 5.82. The van der Waals surface area contributed by atoms with Crippen molar-refractivity contribution < 1.29 is 4.74 Å². The highest BCUT2D eigenvalue weighted by atomic mass is 16.5. The summed E-state index contributed by atoms with van der Waals surface area (Å²) in [7, 11) is 0. The molecule has 6 nitrogen and oxygen atoms in total. The lowest BCUT2D eigenvalue weighted by Crippen LogP contribution is -1.89.